The van der Waals surface area contributed by atoms with E-state index in [-0.39, 0.29) is 35.3 Å². The number of carbonyl (C=O) groups excluding carboxylic acids is 2. The fraction of sp³-hybridized carbons (Fsp3) is 0.333. The molecule has 0 saturated carbocycles. The molecule has 180 valence electrons. The summed E-state index contributed by atoms with van der Waals surface area (Å²) in [6.07, 6.45) is -12.4. The van der Waals surface area contributed by atoms with Crippen LogP contribution in [0.2, 0.25) is 0 Å². The molecule has 0 aliphatic carbocycles. The lowest BCUT2D eigenvalue weighted by atomic mass is 9.90. The zero-order valence-corrected chi connectivity index (χ0v) is 17.4. The lowest BCUT2D eigenvalue weighted by Crippen LogP contribution is -2.50. The van der Waals surface area contributed by atoms with Crippen LogP contribution in [0, 0.1) is 13.8 Å². The molecule has 0 aliphatic rings. The number of amides is 2. The van der Waals surface area contributed by atoms with Gasteiger partial charge in [-0.25, -0.2) is 4.39 Å². The zero-order valence-electron chi connectivity index (χ0n) is 17.4. The molecule has 2 rings (SSSR count). The van der Waals surface area contributed by atoms with Gasteiger partial charge in [-0.15, -0.1) is 0 Å². The molecular weight excluding hydrogens is 459 g/mol. The first-order chi connectivity index (χ1) is 15.1. The van der Waals surface area contributed by atoms with Crippen LogP contribution in [0.5, 0.6) is 0 Å². The van der Waals surface area contributed by atoms with Crippen LogP contribution in [0.25, 0.3) is 0 Å². The summed E-state index contributed by atoms with van der Waals surface area (Å²) in [5.41, 5.74) is -1.99. The quantitative estimate of drug-likeness (QED) is 0.482. The van der Waals surface area contributed by atoms with Gasteiger partial charge in [0.2, 0.25) is 5.91 Å². The minimum atomic E-state index is -6.24. The molecular formula is C21H20F7N3O2. The number of nitrogens with one attached hydrogen (secondary N) is 2. The highest BCUT2D eigenvalue weighted by Gasteiger charge is 2.73. The van der Waals surface area contributed by atoms with Crippen LogP contribution in [-0.2, 0) is 10.5 Å². The van der Waals surface area contributed by atoms with Crippen molar-refractivity contribution in [3.8, 4) is 0 Å². The number of rotatable bonds is 7. The summed E-state index contributed by atoms with van der Waals surface area (Å²) in [4.78, 5) is 23.4. The van der Waals surface area contributed by atoms with E-state index in [1.807, 2.05) is 0 Å². The van der Waals surface area contributed by atoms with Gasteiger partial charge in [-0.2, -0.15) is 26.3 Å². The number of halogens is 7. The number of benzene rings is 2. The van der Waals surface area contributed by atoms with Gasteiger partial charge in [-0.05, 0) is 43.2 Å². The van der Waals surface area contributed by atoms with Crippen LogP contribution < -0.4 is 16.4 Å². The molecule has 0 fully saturated rings. The van der Waals surface area contributed by atoms with Crippen molar-refractivity contribution in [1.29, 1.82) is 0 Å². The molecule has 0 unspecified atom stereocenters. The highest BCUT2D eigenvalue weighted by molar-refractivity contribution is 6.05. The summed E-state index contributed by atoms with van der Waals surface area (Å²) in [5, 5.41) is 5.30. The third-order valence-electron chi connectivity index (χ3n) is 4.78. The highest BCUT2D eigenvalue weighted by atomic mass is 19.4. The van der Waals surface area contributed by atoms with Crippen LogP contribution >= 0.6 is 0 Å². The molecule has 0 saturated heterocycles. The number of carbonyl (C=O) groups is 2. The van der Waals surface area contributed by atoms with Gasteiger partial charge in [0.1, 0.15) is 0 Å². The molecule has 4 N–H and O–H groups in total. The summed E-state index contributed by atoms with van der Waals surface area (Å²) in [6.45, 7) is 2.52. The molecule has 5 nitrogen and oxygen atoms in total. The molecule has 0 spiro atoms. The van der Waals surface area contributed by atoms with E-state index in [1.165, 1.54) is 18.2 Å². The zero-order chi connectivity index (χ0) is 25.2. The standard InChI is InChI=1S/C21H20F7N3O2/c1-11-8-14(19(22,20(23,24)25)21(26,27)28)9-12(2)17(11)31-18(33)13-4-3-5-15(10-13)30-7-6-16(29)32/h3-5,8-10,30H,6-7H2,1-2H3,(H2,29,32)(H,31,33). The Morgan fingerprint density at radius 2 is 1.45 bits per heavy atom. The Kier molecular flexibility index (Phi) is 7.30. The Balaban J connectivity index is 2.33. The van der Waals surface area contributed by atoms with Crippen molar-refractivity contribution in [1.82, 2.24) is 0 Å². The minimum Gasteiger partial charge on any atom is -0.385 e. The van der Waals surface area contributed by atoms with Gasteiger partial charge in [0.15, 0.2) is 0 Å². The van der Waals surface area contributed by atoms with Crippen LogP contribution in [-0.4, -0.2) is 30.7 Å². The Labute approximate surface area is 184 Å². The molecule has 2 amide bonds. The Hall–Kier alpha value is -3.31. The number of hydrogen-bond acceptors (Lipinski definition) is 3. The number of primary amides is 1. The maximum atomic E-state index is 14.4. The first kappa shape index (κ1) is 25.9. The second kappa shape index (κ2) is 9.28. The Bertz CT molecular complexity index is 1010. The van der Waals surface area contributed by atoms with E-state index >= 15 is 0 Å². The average Bonchev–Trinajstić information content (AvgIpc) is 2.68. The fourth-order valence-corrected chi connectivity index (χ4v) is 3.13. The van der Waals surface area contributed by atoms with Crippen LogP contribution in [0.1, 0.15) is 33.5 Å². The summed E-state index contributed by atoms with van der Waals surface area (Å²) in [5.74, 6) is -1.23. The van der Waals surface area contributed by atoms with Crippen molar-refractivity contribution in [2.75, 3.05) is 17.2 Å². The van der Waals surface area contributed by atoms with E-state index < -0.39 is 35.4 Å². The maximum Gasteiger partial charge on any atom is 0.435 e. The van der Waals surface area contributed by atoms with Gasteiger partial charge in [0.05, 0.1) is 0 Å². The average molecular weight is 479 g/mol. The van der Waals surface area contributed by atoms with E-state index in [0.29, 0.717) is 17.8 Å². The monoisotopic (exact) mass is 479 g/mol. The smallest absolute Gasteiger partial charge is 0.385 e. The first-order valence-corrected chi connectivity index (χ1v) is 9.45. The van der Waals surface area contributed by atoms with Crippen LogP contribution in [0.4, 0.5) is 42.1 Å². The number of hydrogen-bond donors (Lipinski definition) is 3. The van der Waals surface area contributed by atoms with Crippen molar-refractivity contribution >= 4 is 23.2 Å². The highest BCUT2D eigenvalue weighted by Crippen LogP contribution is 2.53. The van der Waals surface area contributed by atoms with E-state index in [2.05, 4.69) is 10.6 Å². The number of anilines is 2. The predicted octanol–water partition coefficient (Wildman–Crippen LogP) is 5.13. The van der Waals surface area contributed by atoms with Crippen molar-refractivity contribution in [3.63, 3.8) is 0 Å². The lowest BCUT2D eigenvalue weighted by molar-refractivity contribution is -0.348. The van der Waals surface area contributed by atoms with Gasteiger partial charge < -0.3 is 16.4 Å². The van der Waals surface area contributed by atoms with E-state index in [1.54, 1.807) is 6.07 Å². The molecule has 0 heterocycles. The van der Waals surface area contributed by atoms with Crippen molar-refractivity contribution < 1.29 is 40.3 Å². The van der Waals surface area contributed by atoms with E-state index in [4.69, 9.17) is 5.73 Å². The normalized spacial score (nSPS) is 12.4. The Morgan fingerprint density at radius 3 is 1.94 bits per heavy atom. The number of alkyl halides is 7. The maximum absolute atomic E-state index is 14.4. The van der Waals surface area contributed by atoms with Gasteiger partial charge in [0.25, 0.3) is 5.91 Å². The topological polar surface area (TPSA) is 84.2 Å². The van der Waals surface area contributed by atoms with Gasteiger partial charge in [-0.3, -0.25) is 9.59 Å². The lowest BCUT2D eigenvalue weighted by Gasteiger charge is -2.31. The first-order valence-electron chi connectivity index (χ1n) is 9.45. The SMILES string of the molecule is Cc1cc(C(F)(C(F)(F)F)C(F)(F)F)cc(C)c1NC(=O)c1cccc(NCCC(N)=O)c1. The van der Waals surface area contributed by atoms with Gasteiger partial charge in [-0.1, -0.05) is 18.2 Å². The third-order valence-corrected chi connectivity index (χ3v) is 4.78. The fourth-order valence-electron chi connectivity index (χ4n) is 3.13. The van der Waals surface area contributed by atoms with Crippen LogP contribution in [0.15, 0.2) is 36.4 Å². The summed E-state index contributed by atoms with van der Waals surface area (Å²) in [6, 6.07) is 6.80. The summed E-state index contributed by atoms with van der Waals surface area (Å²) < 4.78 is 92.7. The van der Waals surface area contributed by atoms with Crippen LogP contribution in [0.3, 0.4) is 0 Å². The molecule has 0 radical (unpaired) electrons. The molecule has 0 aromatic heterocycles. The summed E-state index contributed by atoms with van der Waals surface area (Å²) in [7, 11) is 0. The molecule has 0 atom stereocenters. The van der Waals surface area contributed by atoms with Crippen molar-refractivity contribution in [2.24, 2.45) is 5.73 Å². The van der Waals surface area contributed by atoms with E-state index in [9.17, 15) is 40.3 Å². The minimum absolute atomic E-state index is 0.0487. The molecule has 12 heteroatoms. The molecule has 0 aliphatic heterocycles. The molecule has 2 aromatic rings. The third kappa shape index (κ3) is 5.55. The summed E-state index contributed by atoms with van der Waals surface area (Å²) >= 11 is 0. The van der Waals surface area contributed by atoms with Crippen molar-refractivity contribution in [2.45, 2.75) is 38.3 Å². The predicted molar refractivity (Wildman–Crippen MR) is 108 cm³/mol. The van der Waals surface area contributed by atoms with E-state index in [0.717, 1.165) is 13.8 Å². The molecule has 33 heavy (non-hydrogen) atoms. The molecule has 0 bridgehead atoms. The molecule has 2 aromatic carbocycles. The second-order valence-corrected chi connectivity index (χ2v) is 7.32. The largest absolute Gasteiger partial charge is 0.435 e. The number of nitrogens with two attached hydrogens (primary N) is 1. The van der Waals surface area contributed by atoms with Gasteiger partial charge >= 0.3 is 18.0 Å². The second-order valence-electron chi connectivity index (χ2n) is 7.32. The van der Waals surface area contributed by atoms with Crippen molar-refractivity contribution in [3.05, 3.63) is 58.7 Å². The number of aryl methyl sites for hydroxylation is 2. The Morgan fingerprint density at radius 1 is 0.909 bits per heavy atom. The van der Waals surface area contributed by atoms with Gasteiger partial charge in [0, 0.05) is 35.5 Å².